The van der Waals surface area contributed by atoms with E-state index in [9.17, 15) is 9.90 Å². The number of aromatic carboxylic acids is 1. The summed E-state index contributed by atoms with van der Waals surface area (Å²) in [6.07, 6.45) is 3.19. The zero-order valence-corrected chi connectivity index (χ0v) is 11.9. The number of hydrogen-bond donors (Lipinski definition) is 3. The molecule has 3 aromatic rings. The molecule has 22 heavy (non-hydrogen) atoms. The molecule has 0 aliphatic carbocycles. The van der Waals surface area contributed by atoms with Crippen LogP contribution in [0.4, 0.5) is 0 Å². The zero-order valence-electron chi connectivity index (χ0n) is 11.1. The minimum absolute atomic E-state index is 0.0975. The maximum absolute atomic E-state index is 11.2. The molecule has 0 spiro atoms. The Hall–Kier alpha value is -2.86. The van der Waals surface area contributed by atoms with E-state index in [4.69, 9.17) is 16.7 Å². The fourth-order valence-corrected chi connectivity index (χ4v) is 2.19. The second-order valence-corrected chi connectivity index (χ2v) is 4.92. The van der Waals surface area contributed by atoms with E-state index in [1.807, 2.05) is 0 Å². The molecule has 1 aromatic carbocycles. The highest BCUT2D eigenvalue weighted by atomic mass is 35.5. The molecule has 0 aliphatic heterocycles. The largest absolute Gasteiger partial charge is 0.506 e. The van der Waals surface area contributed by atoms with Gasteiger partial charge in [0.15, 0.2) is 0 Å². The molecular weight excluding hydrogens is 306 g/mol. The number of phenols is 1. The first-order valence-electron chi connectivity index (χ1n) is 6.29. The molecule has 7 heteroatoms. The Balaban J connectivity index is 2.21. The minimum atomic E-state index is -1.17. The molecule has 0 saturated heterocycles. The smallest absolute Gasteiger partial charge is 0.371 e. The van der Waals surface area contributed by atoms with Gasteiger partial charge in [-0.2, -0.15) is 0 Å². The summed E-state index contributed by atoms with van der Waals surface area (Å²) in [5.41, 5.74) is 2.23. The van der Waals surface area contributed by atoms with Crippen molar-refractivity contribution in [1.29, 1.82) is 0 Å². The highest BCUT2D eigenvalue weighted by Crippen LogP contribution is 2.34. The maximum Gasteiger partial charge on any atom is 0.371 e. The molecule has 2 aromatic heterocycles. The predicted octanol–water partition coefficient (Wildman–Crippen LogP) is 3.20. The van der Waals surface area contributed by atoms with E-state index >= 15 is 0 Å². The van der Waals surface area contributed by atoms with E-state index in [1.54, 1.807) is 30.6 Å². The number of aromatic amines is 1. The quantitative estimate of drug-likeness (QED) is 0.689. The molecule has 0 fully saturated rings. The third-order valence-corrected chi connectivity index (χ3v) is 3.41. The van der Waals surface area contributed by atoms with E-state index in [0.29, 0.717) is 17.0 Å². The molecule has 0 aliphatic rings. The molecule has 3 N–H and O–H groups in total. The number of carboxylic acids is 1. The summed E-state index contributed by atoms with van der Waals surface area (Å²) < 4.78 is 0. The number of benzene rings is 1. The third-order valence-electron chi connectivity index (χ3n) is 3.09. The fraction of sp³-hybridized carbons (Fsp3) is 0. The van der Waals surface area contributed by atoms with Crippen molar-refractivity contribution in [3.05, 3.63) is 53.6 Å². The van der Waals surface area contributed by atoms with Gasteiger partial charge < -0.3 is 15.2 Å². The van der Waals surface area contributed by atoms with Gasteiger partial charge in [-0.3, -0.25) is 4.98 Å². The second-order valence-electron chi connectivity index (χ2n) is 4.52. The predicted molar refractivity (Wildman–Crippen MR) is 80.9 cm³/mol. The van der Waals surface area contributed by atoms with Crippen molar-refractivity contribution >= 4 is 17.6 Å². The van der Waals surface area contributed by atoms with Crippen molar-refractivity contribution in [2.45, 2.75) is 0 Å². The average molecular weight is 316 g/mol. The van der Waals surface area contributed by atoms with Gasteiger partial charge in [-0.1, -0.05) is 17.7 Å². The fourth-order valence-electron chi connectivity index (χ4n) is 2.07. The number of H-pyrrole nitrogens is 1. The summed E-state index contributed by atoms with van der Waals surface area (Å²) in [7, 11) is 0. The minimum Gasteiger partial charge on any atom is -0.506 e. The van der Waals surface area contributed by atoms with Crippen LogP contribution in [0.15, 0.2) is 42.7 Å². The van der Waals surface area contributed by atoms with Gasteiger partial charge in [0.05, 0.1) is 16.4 Å². The van der Waals surface area contributed by atoms with Crippen molar-refractivity contribution in [3.8, 4) is 28.3 Å². The Kier molecular flexibility index (Phi) is 3.52. The van der Waals surface area contributed by atoms with Crippen LogP contribution in [-0.4, -0.2) is 31.1 Å². The lowest BCUT2D eigenvalue weighted by atomic mass is 10.1. The Morgan fingerprint density at radius 3 is 2.50 bits per heavy atom. The number of rotatable bonds is 3. The maximum atomic E-state index is 11.2. The molecule has 2 heterocycles. The van der Waals surface area contributed by atoms with Crippen molar-refractivity contribution < 1.29 is 15.0 Å². The number of aromatic hydroxyl groups is 1. The SMILES string of the molecule is O=C(O)c1nc(-c2ccc(Cl)c(O)c2)c(-c2ccncc2)[nH]1. The summed E-state index contributed by atoms with van der Waals surface area (Å²) in [4.78, 5) is 22.0. The van der Waals surface area contributed by atoms with Gasteiger partial charge in [-0.05, 0) is 24.3 Å². The normalized spacial score (nSPS) is 10.6. The van der Waals surface area contributed by atoms with Gasteiger partial charge in [0, 0.05) is 23.5 Å². The Morgan fingerprint density at radius 2 is 1.86 bits per heavy atom. The molecule has 0 saturated carbocycles. The van der Waals surface area contributed by atoms with Crippen LogP contribution in [0.2, 0.25) is 5.02 Å². The van der Waals surface area contributed by atoms with E-state index in [1.165, 1.54) is 12.1 Å². The Labute approximate surface area is 130 Å². The lowest BCUT2D eigenvalue weighted by molar-refractivity contribution is 0.0685. The summed E-state index contributed by atoms with van der Waals surface area (Å²) in [5.74, 6) is -1.45. The molecule has 0 bridgehead atoms. The van der Waals surface area contributed by atoms with Crippen LogP contribution in [0.25, 0.3) is 22.5 Å². The molecule has 110 valence electrons. The molecule has 6 nitrogen and oxygen atoms in total. The number of nitrogens with one attached hydrogen (secondary N) is 1. The van der Waals surface area contributed by atoms with Crippen LogP contribution in [0.3, 0.4) is 0 Å². The van der Waals surface area contributed by atoms with Gasteiger partial charge in [0.25, 0.3) is 0 Å². The summed E-state index contributed by atoms with van der Waals surface area (Å²) in [6, 6.07) is 8.10. The number of halogens is 1. The number of imidazole rings is 1. The van der Waals surface area contributed by atoms with Crippen molar-refractivity contribution in [2.24, 2.45) is 0 Å². The standard InChI is InChI=1S/C15H10ClN3O3/c16-10-2-1-9(7-11(10)20)13-12(8-3-5-17-6-4-8)18-14(19-13)15(21)22/h1-7,20H,(H,18,19)(H,21,22). The van der Waals surface area contributed by atoms with Gasteiger partial charge >= 0.3 is 5.97 Å². The topological polar surface area (TPSA) is 99.1 Å². The van der Waals surface area contributed by atoms with E-state index in [-0.39, 0.29) is 16.6 Å². The third kappa shape index (κ3) is 2.51. The number of aromatic nitrogens is 3. The molecule has 0 radical (unpaired) electrons. The molecule has 0 unspecified atom stereocenters. The summed E-state index contributed by atoms with van der Waals surface area (Å²) in [5, 5.41) is 19.1. The van der Waals surface area contributed by atoms with E-state index in [0.717, 1.165) is 5.56 Å². The van der Waals surface area contributed by atoms with Gasteiger partial charge in [-0.25, -0.2) is 9.78 Å². The van der Waals surface area contributed by atoms with Crippen molar-refractivity contribution in [1.82, 2.24) is 15.0 Å². The van der Waals surface area contributed by atoms with Gasteiger partial charge in [0.1, 0.15) is 5.75 Å². The van der Waals surface area contributed by atoms with E-state index < -0.39 is 5.97 Å². The van der Waals surface area contributed by atoms with Crippen molar-refractivity contribution in [2.75, 3.05) is 0 Å². The van der Waals surface area contributed by atoms with Crippen LogP contribution in [0.1, 0.15) is 10.6 Å². The lowest BCUT2D eigenvalue weighted by Gasteiger charge is -2.04. The zero-order chi connectivity index (χ0) is 15.7. The number of pyridine rings is 1. The lowest BCUT2D eigenvalue weighted by Crippen LogP contribution is -1.98. The first-order valence-corrected chi connectivity index (χ1v) is 6.66. The molecule has 0 atom stereocenters. The summed E-state index contributed by atoms with van der Waals surface area (Å²) >= 11 is 5.80. The average Bonchev–Trinajstić information content (AvgIpc) is 2.96. The van der Waals surface area contributed by atoms with Crippen LogP contribution >= 0.6 is 11.6 Å². The molecule has 0 amide bonds. The number of hydrogen-bond acceptors (Lipinski definition) is 4. The highest BCUT2D eigenvalue weighted by Gasteiger charge is 2.18. The number of phenolic OH excluding ortho intramolecular Hbond substituents is 1. The highest BCUT2D eigenvalue weighted by molar-refractivity contribution is 6.32. The van der Waals surface area contributed by atoms with Crippen molar-refractivity contribution in [3.63, 3.8) is 0 Å². The molecule has 3 rings (SSSR count). The van der Waals surface area contributed by atoms with Gasteiger partial charge in [0.2, 0.25) is 5.82 Å². The first-order chi connectivity index (χ1) is 10.6. The van der Waals surface area contributed by atoms with E-state index in [2.05, 4.69) is 15.0 Å². The van der Waals surface area contributed by atoms with Gasteiger partial charge in [-0.15, -0.1) is 0 Å². The second kappa shape index (κ2) is 5.50. The monoisotopic (exact) mass is 315 g/mol. The first kappa shape index (κ1) is 14.1. The number of carboxylic acid groups (broad SMARTS) is 1. The van der Waals surface area contributed by atoms with Crippen LogP contribution in [0.5, 0.6) is 5.75 Å². The Bertz CT molecular complexity index is 846. The number of nitrogens with zero attached hydrogens (tertiary/aromatic N) is 2. The molecular formula is C15H10ClN3O3. The van der Waals surface area contributed by atoms with Crippen LogP contribution in [0, 0.1) is 0 Å². The van der Waals surface area contributed by atoms with Crippen LogP contribution in [-0.2, 0) is 0 Å². The van der Waals surface area contributed by atoms with Crippen LogP contribution < -0.4 is 0 Å². The summed E-state index contributed by atoms with van der Waals surface area (Å²) in [6.45, 7) is 0. The number of carbonyl (C=O) groups is 1. The Morgan fingerprint density at radius 1 is 1.14 bits per heavy atom.